The Morgan fingerprint density at radius 1 is 1.00 bits per heavy atom. The number of rotatable bonds is 4. The highest BCUT2D eigenvalue weighted by Crippen LogP contribution is 2.22. The topological polar surface area (TPSA) is 46.2 Å². The Kier molecular flexibility index (Phi) is 3.90. The Morgan fingerprint density at radius 2 is 1.63 bits per heavy atom. The van der Waals surface area contributed by atoms with Crippen molar-refractivity contribution >= 4 is 15.7 Å². The summed E-state index contributed by atoms with van der Waals surface area (Å²) in [5.41, 5.74) is 2.37. The molecule has 100 valence electrons. The minimum absolute atomic E-state index is 0.320. The van der Waals surface area contributed by atoms with E-state index in [1.165, 1.54) is 0 Å². The summed E-state index contributed by atoms with van der Waals surface area (Å²) in [7, 11) is -3.53. The van der Waals surface area contributed by atoms with Gasteiger partial charge in [0.1, 0.15) is 0 Å². The lowest BCUT2D eigenvalue weighted by Crippen LogP contribution is -2.15. The number of sulfonamides is 1. The molecule has 2 aromatic carbocycles. The molecule has 0 radical (unpaired) electrons. The van der Waals surface area contributed by atoms with Crippen molar-refractivity contribution in [3.05, 3.63) is 59.7 Å². The molecule has 0 atom stereocenters. The molecule has 0 saturated heterocycles. The standard InChI is InChI=1S/C15H17NO2S/c1-3-13-9-5-6-10-14(13)16-19(17,18)15-11-7-4-8-12(15)2/h4-11,16H,3H2,1-2H3. The minimum atomic E-state index is -3.53. The molecule has 3 nitrogen and oxygen atoms in total. The fourth-order valence-corrected chi connectivity index (χ4v) is 3.33. The van der Waals surface area contributed by atoms with Gasteiger partial charge in [0.15, 0.2) is 0 Å². The van der Waals surface area contributed by atoms with E-state index in [9.17, 15) is 8.42 Å². The SMILES string of the molecule is CCc1ccccc1NS(=O)(=O)c1ccccc1C. The predicted octanol–water partition coefficient (Wildman–Crippen LogP) is 3.36. The number of nitrogens with one attached hydrogen (secondary N) is 1. The first-order valence-electron chi connectivity index (χ1n) is 6.21. The van der Waals surface area contributed by atoms with Crippen LogP contribution in [-0.2, 0) is 16.4 Å². The molecule has 0 spiro atoms. The van der Waals surface area contributed by atoms with E-state index in [1.54, 1.807) is 31.2 Å². The van der Waals surface area contributed by atoms with Crippen molar-refractivity contribution in [2.45, 2.75) is 25.2 Å². The quantitative estimate of drug-likeness (QED) is 0.930. The molecule has 2 rings (SSSR count). The zero-order valence-corrected chi connectivity index (χ0v) is 11.9. The molecular formula is C15H17NO2S. The molecule has 0 aliphatic carbocycles. The number of benzene rings is 2. The van der Waals surface area contributed by atoms with Gasteiger partial charge in [0.25, 0.3) is 10.0 Å². The average molecular weight is 275 g/mol. The van der Waals surface area contributed by atoms with Crippen molar-refractivity contribution in [2.75, 3.05) is 4.72 Å². The summed E-state index contributed by atoms with van der Waals surface area (Å²) in [6.07, 6.45) is 0.784. The van der Waals surface area contributed by atoms with Crippen LogP contribution in [0.4, 0.5) is 5.69 Å². The van der Waals surface area contributed by atoms with E-state index in [4.69, 9.17) is 0 Å². The Morgan fingerprint density at radius 3 is 2.32 bits per heavy atom. The molecule has 0 amide bonds. The molecule has 4 heteroatoms. The summed E-state index contributed by atoms with van der Waals surface area (Å²) in [5, 5.41) is 0. The number of hydrogen-bond acceptors (Lipinski definition) is 2. The summed E-state index contributed by atoms with van der Waals surface area (Å²) in [6.45, 7) is 3.79. The largest absolute Gasteiger partial charge is 0.279 e. The summed E-state index contributed by atoms with van der Waals surface area (Å²) in [4.78, 5) is 0.320. The van der Waals surface area contributed by atoms with Gasteiger partial charge in [0.05, 0.1) is 10.6 Å². The Labute approximate surface area is 114 Å². The molecule has 19 heavy (non-hydrogen) atoms. The number of hydrogen-bond donors (Lipinski definition) is 1. The van der Waals surface area contributed by atoms with Gasteiger partial charge >= 0.3 is 0 Å². The van der Waals surface area contributed by atoms with E-state index in [0.29, 0.717) is 10.6 Å². The van der Waals surface area contributed by atoms with E-state index in [1.807, 2.05) is 31.2 Å². The lowest BCUT2D eigenvalue weighted by molar-refractivity contribution is 0.600. The summed E-state index contributed by atoms with van der Waals surface area (Å²) >= 11 is 0. The maximum atomic E-state index is 12.4. The van der Waals surface area contributed by atoms with Crippen molar-refractivity contribution in [2.24, 2.45) is 0 Å². The summed E-state index contributed by atoms with van der Waals surface area (Å²) in [5.74, 6) is 0. The van der Waals surface area contributed by atoms with Crippen LogP contribution in [0, 0.1) is 6.92 Å². The molecule has 0 aliphatic rings. The first-order valence-corrected chi connectivity index (χ1v) is 7.69. The first-order chi connectivity index (χ1) is 9.04. The highest BCUT2D eigenvalue weighted by Gasteiger charge is 2.17. The van der Waals surface area contributed by atoms with Gasteiger partial charge in [-0.05, 0) is 36.6 Å². The molecule has 1 N–H and O–H groups in total. The molecule has 0 bridgehead atoms. The van der Waals surface area contributed by atoms with Crippen LogP contribution < -0.4 is 4.72 Å². The monoisotopic (exact) mass is 275 g/mol. The van der Waals surface area contributed by atoms with Crippen molar-refractivity contribution in [1.29, 1.82) is 0 Å². The number of para-hydroxylation sites is 1. The van der Waals surface area contributed by atoms with E-state index in [2.05, 4.69) is 4.72 Å². The fraction of sp³-hybridized carbons (Fsp3) is 0.200. The van der Waals surface area contributed by atoms with Gasteiger partial charge in [-0.15, -0.1) is 0 Å². The Bertz CT molecular complexity index is 678. The molecule has 0 fully saturated rings. The van der Waals surface area contributed by atoms with Gasteiger partial charge in [-0.3, -0.25) is 4.72 Å². The molecule has 0 saturated carbocycles. The van der Waals surface area contributed by atoms with E-state index in [-0.39, 0.29) is 0 Å². The maximum Gasteiger partial charge on any atom is 0.262 e. The minimum Gasteiger partial charge on any atom is -0.279 e. The maximum absolute atomic E-state index is 12.4. The molecule has 0 aromatic heterocycles. The van der Waals surface area contributed by atoms with Crippen LogP contribution in [0.2, 0.25) is 0 Å². The third-order valence-corrected chi connectivity index (χ3v) is 4.55. The van der Waals surface area contributed by atoms with Gasteiger partial charge in [-0.25, -0.2) is 8.42 Å². The third-order valence-electron chi connectivity index (χ3n) is 3.03. The van der Waals surface area contributed by atoms with Crippen LogP contribution in [-0.4, -0.2) is 8.42 Å². The normalized spacial score (nSPS) is 11.3. The summed E-state index contributed by atoms with van der Waals surface area (Å²) in [6, 6.07) is 14.4. The zero-order valence-electron chi connectivity index (χ0n) is 11.1. The van der Waals surface area contributed by atoms with Crippen molar-refractivity contribution in [1.82, 2.24) is 0 Å². The Balaban J connectivity index is 2.40. The first kappa shape index (κ1) is 13.6. The van der Waals surface area contributed by atoms with Gasteiger partial charge in [0, 0.05) is 0 Å². The second-order valence-corrected chi connectivity index (χ2v) is 6.03. The van der Waals surface area contributed by atoms with Crippen LogP contribution in [0.15, 0.2) is 53.4 Å². The van der Waals surface area contributed by atoms with Gasteiger partial charge < -0.3 is 0 Å². The van der Waals surface area contributed by atoms with Gasteiger partial charge in [-0.2, -0.15) is 0 Å². The summed E-state index contributed by atoms with van der Waals surface area (Å²) < 4.78 is 27.4. The molecule has 0 heterocycles. The molecular weight excluding hydrogens is 258 g/mol. The average Bonchev–Trinajstić information content (AvgIpc) is 2.39. The lowest BCUT2D eigenvalue weighted by atomic mass is 10.1. The van der Waals surface area contributed by atoms with Crippen molar-refractivity contribution < 1.29 is 8.42 Å². The van der Waals surface area contributed by atoms with Crippen molar-refractivity contribution in [3.63, 3.8) is 0 Å². The third kappa shape index (κ3) is 2.96. The van der Waals surface area contributed by atoms with Crippen molar-refractivity contribution in [3.8, 4) is 0 Å². The van der Waals surface area contributed by atoms with Gasteiger partial charge in [0.2, 0.25) is 0 Å². The van der Waals surface area contributed by atoms with Crippen LogP contribution in [0.25, 0.3) is 0 Å². The zero-order chi connectivity index (χ0) is 13.9. The van der Waals surface area contributed by atoms with E-state index < -0.39 is 10.0 Å². The highest BCUT2D eigenvalue weighted by molar-refractivity contribution is 7.92. The highest BCUT2D eigenvalue weighted by atomic mass is 32.2. The number of aryl methyl sites for hydroxylation is 2. The number of anilines is 1. The fourth-order valence-electron chi connectivity index (χ4n) is 1.99. The smallest absolute Gasteiger partial charge is 0.262 e. The second-order valence-electron chi connectivity index (χ2n) is 4.38. The van der Waals surface area contributed by atoms with Crippen LogP contribution in [0.1, 0.15) is 18.1 Å². The predicted molar refractivity (Wildman–Crippen MR) is 77.8 cm³/mol. The van der Waals surface area contributed by atoms with E-state index in [0.717, 1.165) is 17.5 Å². The Hall–Kier alpha value is -1.81. The molecule has 2 aromatic rings. The van der Waals surface area contributed by atoms with E-state index >= 15 is 0 Å². The van der Waals surface area contributed by atoms with Gasteiger partial charge in [-0.1, -0.05) is 43.3 Å². The van der Waals surface area contributed by atoms with Crippen LogP contribution in [0.3, 0.4) is 0 Å². The molecule has 0 unspecified atom stereocenters. The molecule has 0 aliphatic heterocycles. The van der Waals surface area contributed by atoms with Crippen LogP contribution >= 0.6 is 0 Å². The second kappa shape index (κ2) is 5.45. The lowest BCUT2D eigenvalue weighted by Gasteiger charge is -2.12. The van der Waals surface area contributed by atoms with Crippen LogP contribution in [0.5, 0.6) is 0 Å².